The Balaban J connectivity index is 0.000000694. The van der Waals surface area contributed by atoms with E-state index in [4.69, 9.17) is 51.1 Å². The SMILES string of the molecule is C=CCCC1CC(C(CCCC)(CCCC)C2CCCC2)C2C=CC=CC12.CC(C)(C1CCCC1)C1CC(Br)C2C=CC=CC21.CCCC1CC([Si](c2ccccc2)(c2ccccc2)C2CC(CCC)C3C=CC=CC32)C2C=CC=CC12.[CH3-].[CH3-].[CH3-].[CH3-].[CH3-].[CH3-].[Cl][Zr+2][Cl].[Cl][Zr+2][Cl].[Cl][Zr+2][Cl]. The molecule has 10 aliphatic rings. The number of halogens is 7. The Labute approximate surface area is 666 Å². The van der Waals surface area contributed by atoms with Crippen LogP contribution >= 0.6 is 67.0 Å². The molecule has 10 aliphatic carbocycles. The molecule has 2 aromatic carbocycles. The molecule has 0 heterocycles. The molecule has 0 nitrogen and oxygen atoms in total. The molecule has 0 bridgehead atoms. The Morgan fingerprint density at radius 3 is 1.16 bits per heavy atom. The second-order valence-electron chi connectivity index (χ2n) is 29.3. The summed E-state index contributed by atoms with van der Waals surface area (Å²) >= 11 is 1.46. The van der Waals surface area contributed by atoms with Crippen LogP contribution in [0.25, 0.3) is 0 Å². The molecule has 16 unspecified atom stereocenters. The Hall–Kier alpha value is 1.19. The van der Waals surface area contributed by atoms with Crippen molar-refractivity contribution in [1.29, 1.82) is 0 Å². The fraction of sp³-hybridized carbons (Fsp3) is 0.581. The summed E-state index contributed by atoms with van der Waals surface area (Å²) < 4.78 is 0. The van der Waals surface area contributed by atoms with Crippen LogP contribution in [-0.4, -0.2) is 12.9 Å². The van der Waals surface area contributed by atoms with Crippen molar-refractivity contribution in [3.63, 3.8) is 0 Å². The first kappa shape index (κ1) is 96.2. The standard InChI is InChI=1S/C36H44Si.C27H44.C17H25Br.6CH3.6ClH.3Zr/c1-3-15-27-25-35(33-23-13-11-21-31(27)33)37(29-17-7-5-8-18-29,30-19-9-6-10-20-30)36-26-28(16-4-2)32-22-12-14-24-34(32)36;1-4-7-14-22-21-26(25-18-13-12-17-24(22)25)27(19-8-5-2,20-9-6-3)23-15-10-11-16-23;1-17(2,12-7-3-4-8-12)15-11-16(18)14-10-6-5-9-13(14)15;;;;;;;;;;;;;;;/h5-14,17-24,27-28,31-36H,3-4,15-16,25-26H2,1-2H3;4,12-13,17-18,22-26H,1,5-11,14-16,19-21H2,2-3H3;5-6,9-10,12-16H,3-4,7-8,11H2,1-2H3;6*1H3;6*1H;;;/q;;;6*-1;;;;;;;3*+4/p-6. The fourth-order valence-electron chi connectivity index (χ4n) is 21.2. The van der Waals surface area contributed by atoms with E-state index in [0.717, 1.165) is 76.2 Å². The summed E-state index contributed by atoms with van der Waals surface area (Å²) in [7, 11) is 27.4. The van der Waals surface area contributed by atoms with Crippen LogP contribution in [0.1, 0.15) is 196 Å². The van der Waals surface area contributed by atoms with Crippen molar-refractivity contribution in [2.24, 2.45) is 99.6 Å². The first-order valence-corrected chi connectivity index (χ1v) is 58.1. The van der Waals surface area contributed by atoms with Crippen LogP contribution in [-0.2, 0) is 62.5 Å². The zero-order valence-corrected chi connectivity index (χ0v) is 76.8. The number of hydrogen-bond acceptors (Lipinski definition) is 0. The molecule has 0 spiro atoms. The third-order valence-corrected chi connectivity index (χ3v) is 32.1. The average Bonchev–Trinajstić information content (AvgIpc) is 1.61. The molecule has 2 aromatic rings. The van der Waals surface area contributed by atoms with E-state index in [9.17, 15) is 0 Å². The van der Waals surface area contributed by atoms with Crippen LogP contribution in [0.3, 0.4) is 0 Å². The van der Waals surface area contributed by atoms with Crippen molar-refractivity contribution >= 4 is 85.5 Å². The molecule has 97 heavy (non-hydrogen) atoms. The zero-order chi connectivity index (χ0) is 65.2. The van der Waals surface area contributed by atoms with Crippen molar-refractivity contribution in [2.45, 2.75) is 212 Å². The summed E-state index contributed by atoms with van der Waals surface area (Å²) in [6.07, 6.45) is 75.2. The van der Waals surface area contributed by atoms with E-state index < -0.39 is 70.6 Å². The van der Waals surface area contributed by atoms with Crippen LogP contribution in [0.15, 0.2) is 171 Å². The second kappa shape index (κ2) is 50.7. The Bertz CT molecular complexity index is 2540. The van der Waals surface area contributed by atoms with Crippen LogP contribution in [0.5, 0.6) is 0 Å². The molecular weight excluding hydrogens is 1630 g/mol. The normalized spacial score (nSPS) is 29.3. The molecule has 0 radical (unpaired) electrons. The predicted molar refractivity (Wildman–Crippen MR) is 437 cm³/mol. The summed E-state index contributed by atoms with van der Waals surface area (Å²) in [5.74, 6) is 12.1. The molecule has 11 heteroatoms. The molecule has 6 fully saturated rings. The number of benzene rings is 2. The van der Waals surface area contributed by atoms with Gasteiger partial charge in [-0.2, -0.15) is 0 Å². The van der Waals surface area contributed by atoms with Gasteiger partial charge in [0, 0.05) is 4.83 Å². The van der Waals surface area contributed by atoms with Crippen molar-refractivity contribution in [2.75, 3.05) is 0 Å². The minimum atomic E-state index is -2.21. The number of hydrogen-bond donors (Lipinski definition) is 0. The van der Waals surface area contributed by atoms with Gasteiger partial charge in [0.25, 0.3) is 0 Å². The maximum absolute atomic E-state index is 4.93. The van der Waals surface area contributed by atoms with E-state index in [-0.39, 0.29) is 44.6 Å². The van der Waals surface area contributed by atoms with E-state index in [1.54, 1.807) is 10.4 Å². The summed E-state index contributed by atoms with van der Waals surface area (Å²) in [5.41, 5.74) is 2.61. The molecule has 0 aromatic heterocycles. The van der Waals surface area contributed by atoms with Crippen molar-refractivity contribution < 1.29 is 62.5 Å². The molecule has 540 valence electrons. The van der Waals surface area contributed by atoms with Gasteiger partial charge in [-0.05, 0) is 188 Å². The van der Waals surface area contributed by atoms with Gasteiger partial charge in [-0.15, -0.1) is 6.58 Å². The molecule has 16 atom stereocenters. The van der Waals surface area contributed by atoms with Gasteiger partial charge in [0.2, 0.25) is 0 Å². The third kappa shape index (κ3) is 24.1. The monoisotopic (exact) mass is 1750 g/mol. The van der Waals surface area contributed by atoms with Crippen molar-refractivity contribution in [3.8, 4) is 0 Å². The van der Waals surface area contributed by atoms with Gasteiger partial charge in [0.1, 0.15) is 8.07 Å². The number of allylic oxidation sites excluding steroid dienone is 17. The topological polar surface area (TPSA) is 0 Å². The van der Waals surface area contributed by atoms with Gasteiger partial charge >= 0.3 is 114 Å². The zero-order valence-electron chi connectivity index (χ0n) is 62.3. The van der Waals surface area contributed by atoms with Crippen LogP contribution in [0, 0.1) is 144 Å². The fourth-order valence-corrected chi connectivity index (χ4v) is 29.5. The summed E-state index contributed by atoms with van der Waals surface area (Å²) in [6, 6.07) is 23.9. The second-order valence-corrected chi connectivity index (χ2v) is 46.1. The van der Waals surface area contributed by atoms with Crippen LogP contribution in [0.2, 0.25) is 11.1 Å². The van der Waals surface area contributed by atoms with Crippen LogP contribution < -0.4 is 10.4 Å². The Kier molecular flexibility index (Phi) is 50.3. The number of unbranched alkanes of at least 4 members (excludes halogenated alkanes) is 2. The summed E-state index contributed by atoms with van der Waals surface area (Å²) in [5, 5.41) is 3.38. The van der Waals surface area contributed by atoms with E-state index in [1.165, 1.54) is 154 Å². The maximum atomic E-state index is 4.93. The van der Waals surface area contributed by atoms with E-state index in [0.29, 0.717) is 39.3 Å². The number of fused-ring (bicyclic) bond motifs is 4. The van der Waals surface area contributed by atoms with Gasteiger partial charge in [-0.25, -0.2) is 0 Å². The first-order valence-electron chi connectivity index (χ1n) is 36.0. The molecule has 0 saturated heterocycles. The van der Waals surface area contributed by atoms with Gasteiger partial charge in [-0.3, -0.25) is 0 Å². The quantitative estimate of drug-likeness (QED) is 0.0506. The van der Waals surface area contributed by atoms with E-state index >= 15 is 0 Å². The van der Waals surface area contributed by atoms with Crippen molar-refractivity contribution in [3.05, 3.63) is 215 Å². The van der Waals surface area contributed by atoms with Gasteiger partial charge in [-0.1, -0.05) is 309 Å². The summed E-state index contributed by atoms with van der Waals surface area (Å²) in [6.45, 7) is 18.7. The Morgan fingerprint density at radius 2 is 0.784 bits per heavy atom. The molecule has 6 saturated carbocycles. The number of rotatable bonds is 21. The third-order valence-electron chi connectivity index (χ3n) is 24.9. The van der Waals surface area contributed by atoms with Crippen molar-refractivity contribution in [1.82, 2.24) is 0 Å². The average molecular weight is 1760 g/mol. The molecule has 12 rings (SSSR count). The summed E-state index contributed by atoms with van der Waals surface area (Å²) in [4.78, 5) is 0.689. The van der Waals surface area contributed by atoms with E-state index in [1.807, 2.05) is 0 Å². The molecule has 0 aliphatic heterocycles. The first-order chi connectivity index (χ1) is 44.4. The van der Waals surface area contributed by atoms with Crippen LogP contribution in [0.4, 0.5) is 0 Å². The van der Waals surface area contributed by atoms with Gasteiger partial charge < -0.3 is 44.6 Å². The van der Waals surface area contributed by atoms with E-state index in [2.05, 4.69) is 228 Å². The van der Waals surface area contributed by atoms with Gasteiger partial charge in [0.05, 0.1) is 0 Å². The molecular formula is C86H131BrCl6SiZr3. The predicted octanol–water partition coefficient (Wildman–Crippen LogP) is 29.0. The molecule has 0 amide bonds. The molecule has 0 N–H and O–H groups in total. The van der Waals surface area contributed by atoms with Gasteiger partial charge in [0.15, 0.2) is 0 Å². The Morgan fingerprint density at radius 1 is 0.443 bits per heavy atom. The number of alkyl halides is 1. The minimum absolute atomic E-state index is 0.